The summed E-state index contributed by atoms with van der Waals surface area (Å²) in [5.74, 6) is 5.06. The number of carbonyl (C=O) groups excluding carboxylic acids is 1. The summed E-state index contributed by atoms with van der Waals surface area (Å²) >= 11 is 0. The highest BCUT2D eigenvalue weighted by Gasteiger charge is 2.33. The number of amides is 1. The first-order valence-corrected chi connectivity index (χ1v) is 10.3. The number of hydrogen-bond acceptors (Lipinski definition) is 5. The second-order valence-corrected chi connectivity index (χ2v) is 7.68. The van der Waals surface area contributed by atoms with Gasteiger partial charge in [0.25, 0.3) is 5.91 Å². The van der Waals surface area contributed by atoms with E-state index in [1.165, 1.54) is 24.7 Å². The van der Waals surface area contributed by atoms with Gasteiger partial charge in [-0.2, -0.15) is 0 Å². The molecule has 1 saturated carbocycles. The third-order valence-electron chi connectivity index (χ3n) is 5.00. The van der Waals surface area contributed by atoms with Gasteiger partial charge in [-0.15, -0.1) is 0 Å². The fourth-order valence-corrected chi connectivity index (χ4v) is 3.47. The SMILES string of the molecule is Cc1cccc(C#C[C@@]2(O)CCC[C@@H](NC(=O)c3ccco3)C2)c1.O=C(O)c1ccco1. The standard InChI is InChI=1S/C20H21NO3.C5H4O3/c1-15-5-2-6-16(13-15)9-11-20(23)10-3-7-17(14-20)21-19(22)18-8-4-12-24-18;6-5(7)4-2-1-3-8-4/h2,4-6,8,12-13,17,23H,3,7,10,14H2,1H3,(H,21,22);1-3H,(H,6,7)/t17-,20+;/m1./s1. The summed E-state index contributed by atoms with van der Waals surface area (Å²) < 4.78 is 9.60. The van der Waals surface area contributed by atoms with Gasteiger partial charge in [0.15, 0.2) is 5.76 Å². The van der Waals surface area contributed by atoms with Crippen LogP contribution in [0, 0.1) is 18.8 Å². The number of carboxylic acid groups (broad SMARTS) is 1. The van der Waals surface area contributed by atoms with Crippen LogP contribution in [0.25, 0.3) is 0 Å². The maximum atomic E-state index is 12.1. The van der Waals surface area contributed by atoms with Crippen molar-refractivity contribution in [1.29, 1.82) is 0 Å². The van der Waals surface area contributed by atoms with Crippen molar-refractivity contribution in [1.82, 2.24) is 5.32 Å². The number of hydrogen-bond donors (Lipinski definition) is 3. The molecule has 0 saturated heterocycles. The van der Waals surface area contributed by atoms with E-state index in [0.717, 1.165) is 24.0 Å². The van der Waals surface area contributed by atoms with Crippen LogP contribution in [0.3, 0.4) is 0 Å². The quantitative estimate of drug-likeness (QED) is 0.536. The van der Waals surface area contributed by atoms with E-state index in [0.29, 0.717) is 12.8 Å². The highest BCUT2D eigenvalue weighted by molar-refractivity contribution is 5.91. The molecule has 166 valence electrons. The molecule has 1 fully saturated rings. The predicted molar refractivity (Wildman–Crippen MR) is 117 cm³/mol. The molecule has 2 atom stereocenters. The van der Waals surface area contributed by atoms with Crippen molar-refractivity contribution in [3.63, 3.8) is 0 Å². The molecule has 0 spiro atoms. The number of carboxylic acids is 1. The van der Waals surface area contributed by atoms with Crippen molar-refractivity contribution < 1.29 is 28.6 Å². The first kappa shape index (κ1) is 22.9. The van der Waals surface area contributed by atoms with Crippen LogP contribution in [-0.2, 0) is 0 Å². The molecule has 3 aromatic rings. The van der Waals surface area contributed by atoms with Gasteiger partial charge >= 0.3 is 5.97 Å². The average molecular weight is 435 g/mol. The van der Waals surface area contributed by atoms with E-state index in [1.54, 1.807) is 12.1 Å². The van der Waals surface area contributed by atoms with Gasteiger partial charge in [-0.3, -0.25) is 4.79 Å². The van der Waals surface area contributed by atoms with Crippen molar-refractivity contribution in [2.24, 2.45) is 0 Å². The number of benzene rings is 1. The summed E-state index contributed by atoms with van der Waals surface area (Å²) in [4.78, 5) is 22.0. The number of carbonyl (C=O) groups is 2. The lowest BCUT2D eigenvalue weighted by molar-refractivity contribution is 0.0447. The molecule has 32 heavy (non-hydrogen) atoms. The molecule has 7 heteroatoms. The Hall–Kier alpha value is -3.76. The Balaban J connectivity index is 0.000000305. The van der Waals surface area contributed by atoms with Gasteiger partial charge in [-0.1, -0.05) is 24.0 Å². The van der Waals surface area contributed by atoms with E-state index in [2.05, 4.69) is 21.6 Å². The van der Waals surface area contributed by atoms with Gasteiger partial charge in [0.2, 0.25) is 5.76 Å². The fraction of sp³-hybridized carbons (Fsp3) is 0.280. The number of rotatable bonds is 3. The molecule has 0 bridgehead atoms. The zero-order valence-electron chi connectivity index (χ0n) is 17.7. The van der Waals surface area contributed by atoms with Crippen molar-refractivity contribution in [3.8, 4) is 11.8 Å². The van der Waals surface area contributed by atoms with Crippen LogP contribution >= 0.6 is 0 Å². The first-order chi connectivity index (χ1) is 15.3. The molecule has 0 radical (unpaired) electrons. The maximum absolute atomic E-state index is 12.1. The Kier molecular flexibility index (Phi) is 7.53. The summed E-state index contributed by atoms with van der Waals surface area (Å²) in [6, 6.07) is 14.0. The molecule has 1 amide bonds. The third-order valence-corrected chi connectivity index (χ3v) is 5.00. The van der Waals surface area contributed by atoms with Crippen LogP contribution in [0.5, 0.6) is 0 Å². The lowest BCUT2D eigenvalue weighted by atomic mass is 9.82. The number of aryl methyl sites for hydroxylation is 1. The molecule has 4 rings (SSSR count). The zero-order chi connectivity index (χ0) is 23.0. The van der Waals surface area contributed by atoms with Crippen LogP contribution in [0.1, 0.15) is 57.9 Å². The van der Waals surface area contributed by atoms with Gasteiger partial charge in [0, 0.05) is 18.0 Å². The van der Waals surface area contributed by atoms with Gasteiger partial charge < -0.3 is 24.4 Å². The minimum absolute atomic E-state index is 0.0231. The van der Waals surface area contributed by atoms with E-state index in [1.807, 2.05) is 31.2 Å². The molecule has 3 N–H and O–H groups in total. The summed E-state index contributed by atoms with van der Waals surface area (Å²) in [6.45, 7) is 2.01. The second kappa shape index (κ2) is 10.5. The number of nitrogens with one attached hydrogen (secondary N) is 1. The van der Waals surface area contributed by atoms with Crippen LogP contribution in [0.15, 0.2) is 69.9 Å². The highest BCUT2D eigenvalue weighted by Crippen LogP contribution is 2.28. The summed E-state index contributed by atoms with van der Waals surface area (Å²) in [5.41, 5.74) is 0.967. The monoisotopic (exact) mass is 435 g/mol. The van der Waals surface area contributed by atoms with E-state index in [9.17, 15) is 14.7 Å². The first-order valence-electron chi connectivity index (χ1n) is 10.3. The summed E-state index contributed by atoms with van der Waals surface area (Å²) in [7, 11) is 0. The molecule has 2 heterocycles. The molecular formula is C25H25NO6. The van der Waals surface area contributed by atoms with E-state index >= 15 is 0 Å². The smallest absolute Gasteiger partial charge is 0.371 e. The lowest BCUT2D eigenvalue weighted by Crippen LogP contribution is -2.45. The van der Waals surface area contributed by atoms with Gasteiger partial charge in [0.05, 0.1) is 12.5 Å². The molecular weight excluding hydrogens is 410 g/mol. The maximum Gasteiger partial charge on any atom is 0.371 e. The number of furan rings is 2. The average Bonchev–Trinajstić information content (AvgIpc) is 3.47. The molecule has 1 aliphatic rings. The highest BCUT2D eigenvalue weighted by atomic mass is 16.4. The van der Waals surface area contributed by atoms with Crippen LogP contribution in [0.4, 0.5) is 0 Å². The van der Waals surface area contributed by atoms with Crippen LogP contribution in [-0.4, -0.2) is 33.7 Å². The van der Waals surface area contributed by atoms with Crippen molar-refractivity contribution >= 4 is 11.9 Å². The Morgan fingerprint density at radius 1 is 1.09 bits per heavy atom. The Morgan fingerprint density at radius 2 is 1.81 bits per heavy atom. The Labute approximate surface area is 186 Å². The topological polar surface area (TPSA) is 113 Å². The molecule has 0 unspecified atom stereocenters. The van der Waals surface area contributed by atoms with Crippen molar-refractivity contribution in [2.75, 3.05) is 0 Å². The largest absolute Gasteiger partial charge is 0.475 e. The second-order valence-electron chi connectivity index (χ2n) is 7.68. The minimum atomic E-state index is -1.07. The van der Waals surface area contributed by atoms with Crippen molar-refractivity contribution in [2.45, 2.75) is 44.2 Å². The van der Waals surface area contributed by atoms with E-state index < -0.39 is 11.6 Å². The Morgan fingerprint density at radius 3 is 2.41 bits per heavy atom. The normalized spacial score (nSPS) is 19.6. The molecule has 1 aliphatic carbocycles. The molecule has 0 aliphatic heterocycles. The predicted octanol–water partition coefficient (Wildman–Crippen LogP) is 4.02. The van der Waals surface area contributed by atoms with E-state index in [-0.39, 0.29) is 23.5 Å². The summed E-state index contributed by atoms with van der Waals surface area (Å²) in [5, 5.41) is 21.9. The van der Waals surface area contributed by atoms with Crippen LogP contribution < -0.4 is 5.32 Å². The minimum Gasteiger partial charge on any atom is -0.475 e. The van der Waals surface area contributed by atoms with E-state index in [4.69, 9.17) is 9.52 Å². The summed E-state index contributed by atoms with van der Waals surface area (Å²) in [6.07, 6.45) is 5.50. The van der Waals surface area contributed by atoms with Crippen LogP contribution in [0.2, 0.25) is 0 Å². The third kappa shape index (κ3) is 6.62. The molecule has 2 aromatic heterocycles. The van der Waals surface area contributed by atoms with Gasteiger partial charge in [-0.25, -0.2) is 4.79 Å². The Bertz CT molecular complexity index is 1090. The zero-order valence-corrected chi connectivity index (χ0v) is 17.7. The fourth-order valence-electron chi connectivity index (χ4n) is 3.47. The number of aromatic carboxylic acids is 1. The molecule has 7 nitrogen and oxygen atoms in total. The number of aliphatic hydroxyl groups is 1. The lowest BCUT2D eigenvalue weighted by Gasteiger charge is -2.33. The molecule has 1 aromatic carbocycles. The van der Waals surface area contributed by atoms with Crippen molar-refractivity contribution in [3.05, 3.63) is 83.7 Å². The van der Waals surface area contributed by atoms with Gasteiger partial charge in [0.1, 0.15) is 5.60 Å². The van der Waals surface area contributed by atoms with Gasteiger partial charge in [-0.05, 0) is 68.1 Å².